The predicted octanol–water partition coefficient (Wildman–Crippen LogP) is 5.32. The smallest absolute Gasteiger partial charge is 0.255 e. The molecule has 44 heavy (non-hydrogen) atoms. The lowest BCUT2D eigenvalue weighted by molar-refractivity contribution is -0.128. The van der Waals surface area contributed by atoms with Gasteiger partial charge in [-0.25, -0.2) is 4.68 Å². The fourth-order valence-electron chi connectivity index (χ4n) is 5.17. The molecule has 2 heterocycles. The van der Waals surface area contributed by atoms with Gasteiger partial charge in [0.25, 0.3) is 5.56 Å². The van der Waals surface area contributed by atoms with E-state index in [-0.39, 0.29) is 29.8 Å². The van der Waals surface area contributed by atoms with Crippen molar-refractivity contribution in [2.45, 2.75) is 32.2 Å². The van der Waals surface area contributed by atoms with Crippen molar-refractivity contribution in [3.8, 4) is 11.4 Å². The van der Waals surface area contributed by atoms with Crippen LogP contribution in [0.5, 0.6) is 5.75 Å². The van der Waals surface area contributed by atoms with E-state index in [0.717, 1.165) is 28.0 Å². The summed E-state index contributed by atoms with van der Waals surface area (Å²) in [6.07, 6.45) is 6.15. The molecular formula is C34H36N6O4. The minimum absolute atomic E-state index is 0.0463. The molecule has 0 fully saturated rings. The summed E-state index contributed by atoms with van der Waals surface area (Å²) in [6.45, 7) is 2.43. The van der Waals surface area contributed by atoms with Gasteiger partial charge in [-0.2, -0.15) is 5.10 Å². The minimum atomic E-state index is -0.182. The van der Waals surface area contributed by atoms with E-state index in [1.54, 1.807) is 42.2 Å². The van der Waals surface area contributed by atoms with E-state index < -0.39 is 0 Å². The van der Waals surface area contributed by atoms with Crippen molar-refractivity contribution in [2.75, 3.05) is 31.3 Å². The van der Waals surface area contributed by atoms with E-state index in [2.05, 4.69) is 27.6 Å². The summed E-state index contributed by atoms with van der Waals surface area (Å²) < 4.78 is 7.21. The van der Waals surface area contributed by atoms with Gasteiger partial charge in [-0.05, 0) is 77.4 Å². The SMILES string of the molecule is COc1ccccc1[C@@H](C)CCC(=O)Nc1ccc(-n2cccn2)c(CN(C)C(=O)CNc2ccc3cc[nH]c(=O)c3c2)c1. The standard InChI is InChI=1S/C34H36N6O4/c1-23(28-7-4-5-8-31(28)44-3)9-14-32(41)38-27-12-13-30(40-18-6-16-37-40)25(19-27)22-39(2)33(42)21-36-26-11-10-24-15-17-35-34(43)29(24)20-26/h4-8,10-13,15-20,23,36H,9,14,21-22H2,1-3H3,(H,35,43)(H,38,41)/t23-/m0/s1. The van der Waals surface area contributed by atoms with Gasteiger partial charge in [-0.1, -0.05) is 31.2 Å². The Kier molecular flexibility index (Phi) is 9.39. The molecule has 3 aromatic carbocycles. The maximum atomic E-state index is 13.1. The summed E-state index contributed by atoms with van der Waals surface area (Å²) in [5, 5.41) is 11.9. The molecule has 0 unspecified atom stereocenters. The number of carbonyl (C=O) groups is 2. The van der Waals surface area contributed by atoms with Gasteiger partial charge in [0.05, 0.1) is 19.3 Å². The van der Waals surface area contributed by atoms with Gasteiger partial charge < -0.3 is 25.3 Å². The van der Waals surface area contributed by atoms with Crippen LogP contribution in [0.4, 0.5) is 11.4 Å². The van der Waals surface area contributed by atoms with E-state index >= 15 is 0 Å². The number of carbonyl (C=O) groups excluding carboxylic acids is 2. The fraction of sp³-hybridized carbons (Fsp3) is 0.235. The Labute approximate surface area is 255 Å². The van der Waals surface area contributed by atoms with Crippen molar-refractivity contribution < 1.29 is 14.3 Å². The number of amides is 2. The highest BCUT2D eigenvalue weighted by Gasteiger charge is 2.16. The highest BCUT2D eigenvalue weighted by Crippen LogP contribution is 2.29. The number of anilines is 2. The van der Waals surface area contributed by atoms with Crippen LogP contribution >= 0.6 is 0 Å². The van der Waals surface area contributed by atoms with Crippen LogP contribution in [0.3, 0.4) is 0 Å². The van der Waals surface area contributed by atoms with Crippen LogP contribution in [0, 0.1) is 0 Å². The molecule has 2 amide bonds. The molecule has 0 aliphatic heterocycles. The van der Waals surface area contributed by atoms with Crippen molar-refractivity contribution in [1.82, 2.24) is 19.7 Å². The van der Waals surface area contributed by atoms with Crippen LogP contribution in [0.15, 0.2) is 96.2 Å². The first-order chi connectivity index (χ1) is 21.3. The third kappa shape index (κ3) is 7.15. The molecule has 5 rings (SSSR count). The second-order valence-corrected chi connectivity index (χ2v) is 10.7. The number of aromatic nitrogens is 3. The first-order valence-corrected chi connectivity index (χ1v) is 14.5. The molecule has 0 radical (unpaired) electrons. The molecule has 0 spiro atoms. The topological polar surface area (TPSA) is 121 Å². The van der Waals surface area contributed by atoms with Crippen molar-refractivity contribution in [3.05, 3.63) is 113 Å². The Balaban J connectivity index is 1.24. The molecule has 10 heteroatoms. The van der Waals surface area contributed by atoms with Crippen LogP contribution < -0.4 is 20.9 Å². The van der Waals surface area contributed by atoms with Crippen LogP contribution in [-0.4, -0.2) is 52.2 Å². The van der Waals surface area contributed by atoms with E-state index in [9.17, 15) is 14.4 Å². The molecular weight excluding hydrogens is 556 g/mol. The van der Waals surface area contributed by atoms with Crippen molar-refractivity contribution in [3.63, 3.8) is 0 Å². The number of methoxy groups -OCH3 is 1. The summed E-state index contributed by atoms with van der Waals surface area (Å²) in [5.41, 5.74) is 3.84. The summed E-state index contributed by atoms with van der Waals surface area (Å²) in [5.74, 6) is 0.740. The zero-order valence-electron chi connectivity index (χ0n) is 25.0. The lowest BCUT2D eigenvalue weighted by Crippen LogP contribution is -2.32. The van der Waals surface area contributed by atoms with Gasteiger partial charge in [0.15, 0.2) is 0 Å². The molecule has 0 bridgehead atoms. The summed E-state index contributed by atoms with van der Waals surface area (Å²) >= 11 is 0. The molecule has 2 aromatic heterocycles. The number of likely N-dealkylation sites (N-methyl/N-ethyl adjacent to an activating group) is 1. The van der Waals surface area contributed by atoms with Gasteiger partial charge in [0, 0.05) is 55.4 Å². The average Bonchev–Trinajstić information content (AvgIpc) is 3.58. The molecule has 0 aliphatic rings. The molecule has 3 N–H and O–H groups in total. The molecule has 0 saturated carbocycles. The predicted molar refractivity (Wildman–Crippen MR) is 172 cm³/mol. The zero-order chi connectivity index (χ0) is 31.1. The zero-order valence-corrected chi connectivity index (χ0v) is 25.0. The average molecular weight is 593 g/mol. The highest BCUT2D eigenvalue weighted by atomic mass is 16.5. The Hall–Kier alpha value is -5.38. The maximum Gasteiger partial charge on any atom is 0.255 e. The quantitative estimate of drug-likeness (QED) is 0.180. The van der Waals surface area contributed by atoms with Gasteiger partial charge in [0.2, 0.25) is 11.8 Å². The number of hydrogen-bond acceptors (Lipinski definition) is 6. The summed E-state index contributed by atoms with van der Waals surface area (Å²) in [6, 6.07) is 22.5. The molecule has 0 saturated heterocycles. The molecule has 10 nitrogen and oxygen atoms in total. The molecule has 0 aliphatic carbocycles. The van der Waals surface area contributed by atoms with Crippen molar-refractivity contribution in [2.24, 2.45) is 0 Å². The number of aromatic amines is 1. The van der Waals surface area contributed by atoms with Gasteiger partial charge in [-0.15, -0.1) is 0 Å². The molecule has 5 aromatic rings. The molecule has 226 valence electrons. The second-order valence-electron chi connectivity index (χ2n) is 10.7. The number of nitrogens with zero attached hydrogens (tertiary/aromatic N) is 3. The lowest BCUT2D eigenvalue weighted by atomic mass is 9.95. The number of hydrogen-bond donors (Lipinski definition) is 3. The Bertz CT molecular complexity index is 1810. The summed E-state index contributed by atoms with van der Waals surface area (Å²) in [4.78, 5) is 42.5. The maximum absolute atomic E-state index is 13.1. The number of para-hydroxylation sites is 1. The third-order valence-electron chi connectivity index (χ3n) is 7.64. The number of rotatable bonds is 12. The Morgan fingerprint density at radius 2 is 1.86 bits per heavy atom. The van der Waals surface area contributed by atoms with E-state index in [1.165, 1.54) is 0 Å². The van der Waals surface area contributed by atoms with Crippen LogP contribution in [0.2, 0.25) is 0 Å². The van der Waals surface area contributed by atoms with Crippen molar-refractivity contribution in [1.29, 1.82) is 0 Å². The number of pyridine rings is 1. The Morgan fingerprint density at radius 3 is 2.66 bits per heavy atom. The van der Waals surface area contributed by atoms with E-state index in [4.69, 9.17) is 4.74 Å². The first kappa shape index (κ1) is 30.1. The summed E-state index contributed by atoms with van der Waals surface area (Å²) in [7, 11) is 3.38. The van der Waals surface area contributed by atoms with E-state index in [0.29, 0.717) is 36.1 Å². The first-order valence-electron chi connectivity index (χ1n) is 14.5. The van der Waals surface area contributed by atoms with Crippen molar-refractivity contribution >= 4 is 34.0 Å². The largest absolute Gasteiger partial charge is 0.496 e. The monoisotopic (exact) mass is 592 g/mol. The van der Waals surface area contributed by atoms with Gasteiger partial charge >= 0.3 is 0 Å². The van der Waals surface area contributed by atoms with Crippen LogP contribution in [-0.2, 0) is 16.1 Å². The molecule has 1 atom stereocenters. The number of fused-ring (bicyclic) bond motifs is 1. The Morgan fingerprint density at radius 1 is 1.05 bits per heavy atom. The van der Waals surface area contributed by atoms with E-state index in [1.807, 2.05) is 72.9 Å². The number of H-pyrrole nitrogens is 1. The minimum Gasteiger partial charge on any atom is -0.496 e. The van der Waals surface area contributed by atoms with Crippen LogP contribution in [0.25, 0.3) is 16.5 Å². The normalized spacial score (nSPS) is 11.6. The number of ether oxygens (including phenoxy) is 1. The second kappa shape index (κ2) is 13.7. The fourth-order valence-corrected chi connectivity index (χ4v) is 5.17. The third-order valence-corrected chi connectivity index (χ3v) is 7.64. The van der Waals surface area contributed by atoms with Crippen LogP contribution in [0.1, 0.15) is 36.8 Å². The lowest BCUT2D eigenvalue weighted by Gasteiger charge is -2.21. The van der Waals surface area contributed by atoms with Gasteiger partial charge in [0.1, 0.15) is 5.75 Å². The number of nitrogens with one attached hydrogen (secondary N) is 3. The van der Waals surface area contributed by atoms with Gasteiger partial charge in [-0.3, -0.25) is 14.4 Å². The highest BCUT2D eigenvalue weighted by molar-refractivity contribution is 5.91. The number of benzene rings is 3.